The van der Waals surface area contributed by atoms with Gasteiger partial charge >= 0.3 is 12.1 Å². The van der Waals surface area contributed by atoms with Gasteiger partial charge < -0.3 is 10.0 Å². The van der Waals surface area contributed by atoms with Crippen LogP contribution in [0.3, 0.4) is 0 Å². The largest absolute Gasteiger partial charge is 0.480 e. The van der Waals surface area contributed by atoms with Gasteiger partial charge in [-0.3, -0.25) is 4.79 Å². The minimum absolute atomic E-state index is 0.119. The van der Waals surface area contributed by atoms with Gasteiger partial charge in [0.25, 0.3) is 0 Å². The first kappa shape index (κ1) is 18.3. The third kappa shape index (κ3) is 4.36. The van der Waals surface area contributed by atoms with Crippen molar-refractivity contribution >= 4 is 23.6 Å². The normalized spacial score (nSPS) is 12.1. The molecule has 0 spiro atoms. The fourth-order valence-corrected chi connectivity index (χ4v) is 2.08. The van der Waals surface area contributed by atoms with Crippen molar-refractivity contribution in [2.24, 2.45) is 0 Å². The number of aromatic nitrogens is 1. The SMILES string of the molecule is CN(C(=O)CSc1ccc(C(F)(F)F)cn1)C(C)(C)C(=O)O. The summed E-state index contributed by atoms with van der Waals surface area (Å²) in [6.45, 7) is 2.77. The van der Waals surface area contributed by atoms with Crippen LogP contribution < -0.4 is 0 Å². The molecular formula is C13H15F3N2O3S. The van der Waals surface area contributed by atoms with E-state index in [2.05, 4.69) is 4.98 Å². The fraction of sp³-hybridized carbons (Fsp3) is 0.462. The zero-order valence-electron chi connectivity index (χ0n) is 12.1. The summed E-state index contributed by atoms with van der Waals surface area (Å²) in [5.74, 6) is -1.73. The number of rotatable bonds is 5. The number of hydrogen-bond acceptors (Lipinski definition) is 4. The second-order valence-corrected chi connectivity index (χ2v) is 5.98. The number of thioether (sulfide) groups is 1. The summed E-state index contributed by atoms with van der Waals surface area (Å²) in [6, 6.07) is 2.05. The number of likely N-dealkylation sites (N-methyl/N-ethyl adjacent to an activating group) is 1. The number of pyridine rings is 1. The van der Waals surface area contributed by atoms with Crippen LogP contribution in [-0.4, -0.2) is 45.2 Å². The summed E-state index contributed by atoms with van der Waals surface area (Å²) < 4.78 is 37.1. The van der Waals surface area contributed by atoms with Gasteiger partial charge in [0.15, 0.2) is 0 Å². The van der Waals surface area contributed by atoms with Crippen molar-refractivity contribution in [2.45, 2.75) is 30.6 Å². The first-order valence-electron chi connectivity index (χ1n) is 6.12. The second-order valence-electron chi connectivity index (χ2n) is 4.99. The Morgan fingerprint density at radius 1 is 1.32 bits per heavy atom. The molecule has 1 heterocycles. The lowest BCUT2D eigenvalue weighted by atomic mass is 10.0. The highest BCUT2D eigenvalue weighted by Gasteiger charge is 2.35. The molecule has 0 saturated carbocycles. The molecule has 0 atom stereocenters. The van der Waals surface area contributed by atoms with Gasteiger partial charge in [0.1, 0.15) is 5.54 Å². The van der Waals surface area contributed by atoms with Crippen LogP contribution in [0.15, 0.2) is 23.4 Å². The van der Waals surface area contributed by atoms with E-state index in [1.807, 2.05) is 0 Å². The quantitative estimate of drug-likeness (QED) is 0.837. The van der Waals surface area contributed by atoms with Crippen molar-refractivity contribution < 1.29 is 27.9 Å². The summed E-state index contributed by atoms with van der Waals surface area (Å²) in [5.41, 5.74) is -2.24. The van der Waals surface area contributed by atoms with Crippen LogP contribution in [0.4, 0.5) is 13.2 Å². The second kappa shape index (κ2) is 6.55. The zero-order valence-corrected chi connectivity index (χ0v) is 13.0. The van der Waals surface area contributed by atoms with Gasteiger partial charge in [0, 0.05) is 13.2 Å². The number of alkyl halides is 3. The predicted molar refractivity (Wildman–Crippen MR) is 74.4 cm³/mol. The Hall–Kier alpha value is -1.77. The number of carboxylic acid groups (broad SMARTS) is 1. The van der Waals surface area contributed by atoms with E-state index in [1.54, 1.807) is 0 Å². The molecule has 1 N–H and O–H groups in total. The highest BCUT2D eigenvalue weighted by Crippen LogP contribution is 2.29. The van der Waals surface area contributed by atoms with E-state index in [0.29, 0.717) is 6.20 Å². The number of carbonyl (C=O) groups excluding carboxylic acids is 1. The summed E-state index contributed by atoms with van der Waals surface area (Å²) in [7, 11) is 1.36. The molecule has 0 aliphatic heterocycles. The third-order valence-corrected chi connectivity index (χ3v) is 4.07. The Labute approximate surface area is 129 Å². The molecule has 0 unspecified atom stereocenters. The number of hydrogen-bond donors (Lipinski definition) is 1. The Morgan fingerprint density at radius 3 is 2.32 bits per heavy atom. The minimum atomic E-state index is -4.46. The zero-order chi connectivity index (χ0) is 17.1. The standard InChI is InChI=1S/C13H15F3N2O3S/c1-12(2,11(20)21)18(3)10(19)7-22-9-5-4-8(6-17-9)13(14,15)16/h4-6H,7H2,1-3H3,(H,20,21). The average Bonchev–Trinajstić information content (AvgIpc) is 2.43. The third-order valence-electron chi connectivity index (χ3n) is 3.14. The molecule has 0 fully saturated rings. The lowest BCUT2D eigenvalue weighted by molar-refractivity contribution is -0.154. The van der Waals surface area contributed by atoms with Gasteiger partial charge in [-0.2, -0.15) is 13.2 Å². The van der Waals surface area contributed by atoms with Gasteiger partial charge in [-0.25, -0.2) is 9.78 Å². The van der Waals surface area contributed by atoms with Crippen molar-refractivity contribution in [1.29, 1.82) is 0 Å². The van der Waals surface area contributed by atoms with E-state index in [4.69, 9.17) is 5.11 Å². The van der Waals surface area contributed by atoms with Crippen LogP contribution in [-0.2, 0) is 15.8 Å². The van der Waals surface area contributed by atoms with Gasteiger partial charge in [-0.15, -0.1) is 0 Å². The molecule has 122 valence electrons. The molecule has 1 aromatic rings. The van der Waals surface area contributed by atoms with Crippen molar-refractivity contribution in [3.8, 4) is 0 Å². The number of amides is 1. The predicted octanol–water partition coefficient (Wildman–Crippen LogP) is 2.51. The Kier molecular flexibility index (Phi) is 5.44. The van der Waals surface area contributed by atoms with E-state index < -0.39 is 29.2 Å². The van der Waals surface area contributed by atoms with E-state index in [9.17, 15) is 22.8 Å². The van der Waals surface area contributed by atoms with E-state index in [-0.39, 0.29) is 10.8 Å². The summed E-state index contributed by atoms with van der Waals surface area (Å²) in [6.07, 6.45) is -3.77. The molecule has 1 amide bonds. The maximum absolute atomic E-state index is 12.4. The van der Waals surface area contributed by atoms with Crippen molar-refractivity contribution in [1.82, 2.24) is 9.88 Å². The Bertz CT molecular complexity index is 559. The highest BCUT2D eigenvalue weighted by molar-refractivity contribution is 7.99. The van der Waals surface area contributed by atoms with Gasteiger partial charge in [-0.1, -0.05) is 11.8 Å². The molecule has 1 aromatic heterocycles. The monoisotopic (exact) mass is 336 g/mol. The summed E-state index contributed by atoms with van der Waals surface area (Å²) >= 11 is 0.941. The molecule has 0 bridgehead atoms. The molecule has 9 heteroatoms. The van der Waals surface area contributed by atoms with Crippen molar-refractivity contribution in [3.63, 3.8) is 0 Å². The number of aliphatic carboxylic acids is 1. The lowest BCUT2D eigenvalue weighted by Gasteiger charge is -2.31. The minimum Gasteiger partial charge on any atom is -0.480 e. The maximum atomic E-state index is 12.4. The maximum Gasteiger partial charge on any atom is 0.417 e. The molecule has 0 aliphatic rings. The Morgan fingerprint density at radius 2 is 1.91 bits per heavy atom. The first-order valence-corrected chi connectivity index (χ1v) is 7.11. The number of carboxylic acids is 1. The van der Waals surface area contributed by atoms with Crippen LogP contribution in [0, 0.1) is 0 Å². The fourth-order valence-electron chi connectivity index (χ4n) is 1.32. The molecule has 5 nitrogen and oxygen atoms in total. The molecule has 0 radical (unpaired) electrons. The lowest BCUT2D eigenvalue weighted by Crippen LogP contribution is -2.51. The molecule has 0 aliphatic carbocycles. The molecule has 0 aromatic carbocycles. The van der Waals surface area contributed by atoms with Crippen LogP contribution in [0.25, 0.3) is 0 Å². The smallest absolute Gasteiger partial charge is 0.417 e. The van der Waals surface area contributed by atoms with Gasteiger partial charge in [0.05, 0.1) is 16.3 Å². The highest BCUT2D eigenvalue weighted by atomic mass is 32.2. The van der Waals surface area contributed by atoms with Gasteiger partial charge in [-0.05, 0) is 26.0 Å². The molecule has 22 heavy (non-hydrogen) atoms. The van der Waals surface area contributed by atoms with E-state index >= 15 is 0 Å². The molecule has 0 saturated heterocycles. The van der Waals surface area contributed by atoms with Gasteiger partial charge in [0.2, 0.25) is 5.91 Å². The molecule has 1 rings (SSSR count). The topological polar surface area (TPSA) is 70.5 Å². The number of nitrogens with zero attached hydrogens (tertiary/aromatic N) is 2. The summed E-state index contributed by atoms with van der Waals surface area (Å²) in [4.78, 5) is 27.7. The first-order chi connectivity index (χ1) is 9.96. The van der Waals surface area contributed by atoms with E-state index in [1.165, 1.54) is 27.0 Å². The van der Waals surface area contributed by atoms with Crippen LogP contribution in [0.1, 0.15) is 19.4 Å². The van der Waals surface area contributed by atoms with Crippen LogP contribution in [0.2, 0.25) is 0 Å². The summed E-state index contributed by atoms with van der Waals surface area (Å²) in [5, 5.41) is 9.29. The van der Waals surface area contributed by atoms with Crippen LogP contribution in [0.5, 0.6) is 0 Å². The number of halogens is 3. The van der Waals surface area contributed by atoms with Crippen molar-refractivity contribution in [2.75, 3.05) is 12.8 Å². The number of carbonyl (C=O) groups is 2. The molecular weight excluding hydrogens is 321 g/mol. The van der Waals surface area contributed by atoms with E-state index in [0.717, 1.165) is 22.7 Å². The Balaban J connectivity index is 2.67. The van der Waals surface area contributed by atoms with Crippen molar-refractivity contribution in [3.05, 3.63) is 23.9 Å². The average molecular weight is 336 g/mol. The van der Waals surface area contributed by atoms with Crippen LogP contribution >= 0.6 is 11.8 Å².